The fourth-order valence-corrected chi connectivity index (χ4v) is 3.29. The highest BCUT2D eigenvalue weighted by Crippen LogP contribution is 2.31. The monoisotopic (exact) mass is 266 g/mol. The van der Waals surface area contributed by atoms with Gasteiger partial charge in [0.15, 0.2) is 4.34 Å². The average Bonchev–Trinajstić information content (AvgIpc) is 2.81. The summed E-state index contributed by atoms with van der Waals surface area (Å²) in [5.74, 6) is 0.852. The fraction of sp³-hybridized carbons (Fsp3) is 0.300. The number of aromatic nitrogens is 4. The van der Waals surface area contributed by atoms with Crippen molar-refractivity contribution in [1.82, 2.24) is 19.6 Å². The van der Waals surface area contributed by atoms with Gasteiger partial charge >= 0.3 is 0 Å². The zero-order chi connectivity index (χ0) is 12.0. The van der Waals surface area contributed by atoms with Gasteiger partial charge in [0.1, 0.15) is 5.76 Å². The maximum atomic E-state index is 5.50. The Morgan fingerprint density at radius 2 is 2.12 bits per heavy atom. The first kappa shape index (κ1) is 10.8. The summed E-state index contributed by atoms with van der Waals surface area (Å²) in [4.78, 5) is 9.56. The third kappa shape index (κ3) is 1.96. The number of nitrogens with zero attached hydrogens (tertiary/aromatic N) is 4. The van der Waals surface area contributed by atoms with Crippen molar-refractivity contribution in [3.8, 4) is 0 Å². The van der Waals surface area contributed by atoms with E-state index < -0.39 is 0 Å². The van der Waals surface area contributed by atoms with Crippen molar-refractivity contribution in [2.45, 2.75) is 30.3 Å². The van der Waals surface area contributed by atoms with E-state index in [0.717, 1.165) is 26.4 Å². The molecule has 0 N–H and O–H groups in total. The minimum absolute atomic E-state index is 0.633. The Morgan fingerprint density at radius 1 is 1.29 bits per heavy atom. The van der Waals surface area contributed by atoms with E-state index in [1.54, 1.807) is 4.52 Å². The lowest BCUT2D eigenvalue weighted by Crippen LogP contribution is -1.80. The molecule has 0 amide bonds. The van der Waals surface area contributed by atoms with Crippen molar-refractivity contribution in [2.24, 2.45) is 0 Å². The summed E-state index contributed by atoms with van der Waals surface area (Å²) in [5.41, 5.74) is 1.90. The van der Waals surface area contributed by atoms with Crippen LogP contribution in [0.15, 0.2) is 20.2 Å². The summed E-state index contributed by atoms with van der Waals surface area (Å²) >= 11 is 2.96. The molecular weight excluding hydrogens is 256 g/mol. The van der Waals surface area contributed by atoms with Crippen LogP contribution in [0.5, 0.6) is 0 Å². The molecule has 0 aliphatic heterocycles. The molecule has 0 aromatic carbocycles. The van der Waals surface area contributed by atoms with Crippen LogP contribution < -0.4 is 0 Å². The van der Waals surface area contributed by atoms with Crippen LogP contribution in [0.1, 0.15) is 17.1 Å². The van der Waals surface area contributed by atoms with E-state index >= 15 is 0 Å². The largest absolute Gasteiger partial charge is 0.436 e. The Balaban J connectivity index is 1.91. The van der Waals surface area contributed by atoms with Gasteiger partial charge < -0.3 is 4.42 Å². The average molecular weight is 266 g/mol. The van der Waals surface area contributed by atoms with Crippen LogP contribution >= 0.6 is 23.1 Å². The second-order valence-corrected chi connectivity index (χ2v) is 5.86. The summed E-state index contributed by atoms with van der Waals surface area (Å²) in [7, 11) is 0. The SMILES string of the molecule is Cc1cn2nc(Sc3nc(C)c(C)o3)sc2n1. The van der Waals surface area contributed by atoms with Crippen LogP contribution in [0.3, 0.4) is 0 Å². The molecule has 0 aliphatic carbocycles. The normalized spacial score (nSPS) is 11.5. The molecule has 0 unspecified atom stereocenters. The number of fused-ring (bicyclic) bond motifs is 1. The Morgan fingerprint density at radius 3 is 2.76 bits per heavy atom. The molecule has 0 spiro atoms. The zero-order valence-corrected chi connectivity index (χ0v) is 11.2. The Bertz CT molecular complexity index is 631. The zero-order valence-electron chi connectivity index (χ0n) is 9.59. The third-order valence-electron chi connectivity index (χ3n) is 2.33. The van der Waals surface area contributed by atoms with E-state index in [-0.39, 0.29) is 0 Å². The summed E-state index contributed by atoms with van der Waals surface area (Å²) in [5, 5.41) is 5.04. The number of hydrogen-bond donors (Lipinski definition) is 0. The lowest BCUT2D eigenvalue weighted by atomic mass is 10.4. The van der Waals surface area contributed by atoms with Gasteiger partial charge in [-0.1, -0.05) is 11.3 Å². The van der Waals surface area contributed by atoms with Crippen molar-refractivity contribution in [1.29, 1.82) is 0 Å². The summed E-state index contributed by atoms with van der Waals surface area (Å²) in [6, 6.07) is 0. The predicted octanol–water partition coefficient (Wildman–Crippen LogP) is 2.86. The van der Waals surface area contributed by atoms with Crippen molar-refractivity contribution in [3.05, 3.63) is 23.3 Å². The van der Waals surface area contributed by atoms with Crippen LogP contribution in [-0.2, 0) is 0 Å². The molecule has 0 atom stereocenters. The Hall–Kier alpha value is -1.34. The maximum absolute atomic E-state index is 5.50. The number of rotatable bonds is 2. The standard InChI is InChI=1S/C10H10N4OS2/c1-5-4-14-8(11-5)16-10(13-14)17-9-12-6(2)7(3)15-9/h4H,1-3H3. The minimum Gasteiger partial charge on any atom is -0.436 e. The first-order valence-corrected chi connectivity index (χ1v) is 6.70. The van der Waals surface area contributed by atoms with Gasteiger partial charge in [-0.15, -0.1) is 5.10 Å². The molecule has 3 aromatic heterocycles. The van der Waals surface area contributed by atoms with Gasteiger partial charge in [-0.2, -0.15) is 0 Å². The second kappa shape index (κ2) is 3.85. The molecule has 3 rings (SSSR count). The Kier molecular flexibility index (Phi) is 2.44. The number of hydrogen-bond acceptors (Lipinski definition) is 6. The summed E-state index contributed by atoms with van der Waals surface area (Å²) < 4.78 is 8.17. The van der Waals surface area contributed by atoms with Crippen molar-refractivity contribution >= 4 is 28.1 Å². The molecule has 17 heavy (non-hydrogen) atoms. The van der Waals surface area contributed by atoms with Gasteiger partial charge in [0.25, 0.3) is 5.22 Å². The fourth-order valence-electron chi connectivity index (χ4n) is 1.39. The summed E-state index contributed by atoms with van der Waals surface area (Å²) in [6.07, 6.45) is 1.90. The van der Waals surface area contributed by atoms with Crippen LogP contribution in [0.4, 0.5) is 0 Å². The van der Waals surface area contributed by atoms with E-state index in [2.05, 4.69) is 15.1 Å². The highest BCUT2D eigenvalue weighted by atomic mass is 32.2. The van der Waals surface area contributed by atoms with Crippen LogP contribution in [0, 0.1) is 20.8 Å². The van der Waals surface area contributed by atoms with Gasteiger partial charge in [-0.05, 0) is 20.8 Å². The molecule has 0 radical (unpaired) electrons. The second-order valence-electron chi connectivity index (χ2n) is 3.70. The van der Waals surface area contributed by atoms with Crippen molar-refractivity contribution in [3.63, 3.8) is 0 Å². The predicted molar refractivity (Wildman–Crippen MR) is 65.7 cm³/mol. The summed E-state index contributed by atoms with van der Waals surface area (Å²) in [6.45, 7) is 5.79. The van der Waals surface area contributed by atoms with Gasteiger partial charge in [-0.3, -0.25) is 0 Å². The molecule has 3 heterocycles. The van der Waals surface area contributed by atoms with Crippen LogP contribution in [-0.4, -0.2) is 19.6 Å². The van der Waals surface area contributed by atoms with Crippen LogP contribution in [0.25, 0.3) is 4.96 Å². The van der Waals surface area contributed by atoms with E-state index in [0.29, 0.717) is 5.22 Å². The van der Waals surface area contributed by atoms with Crippen LogP contribution in [0.2, 0.25) is 0 Å². The molecular formula is C10H10N4OS2. The van der Waals surface area contributed by atoms with Gasteiger partial charge in [-0.25, -0.2) is 14.5 Å². The number of oxazole rings is 1. The molecule has 7 heteroatoms. The molecule has 0 saturated carbocycles. The Labute approximate surface area is 106 Å². The lowest BCUT2D eigenvalue weighted by molar-refractivity contribution is 0.431. The van der Waals surface area contributed by atoms with Crippen molar-refractivity contribution in [2.75, 3.05) is 0 Å². The highest BCUT2D eigenvalue weighted by Gasteiger charge is 2.12. The number of aryl methyl sites for hydroxylation is 3. The molecule has 88 valence electrons. The van der Waals surface area contributed by atoms with E-state index in [1.165, 1.54) is 23.1 Å². The highest BCUT2D eigenvalue weighted by molar-refractivity contribution is 8.00. The van der Waals surface area contributed by atoms with Gasteiger partial charge in [0, 0.05) is 11.8 Å². The molecule has 0 fully saturated rings. The lowest BCUT2D eigenvalue weighted by Gasteiger charge is -1.87. The quantitative estimate of drug-likeness (QED) is 0.714. The first-order valence-electron chi connectivity index (χ1n) is 5.06. The molecule has 0 saturated heterocycles. The maximum Gasteiger partial charge on any atom is 0.263 e. The topological polar surface area (TPSA) is 56.2 Å². The van der Waals surface area contributed by atoms with E-state index in [4.69, 9.17) is 4.42 Å². The minimum atomic E-state index is 0.633. The molecule has 5 nitrogen and oxygen atoms in total. The third-order valence-corrected chi connectivity index (χ3v) is 4.15. The number of imidazole rings is 1. The molecule has 3 aromatic rings. The first-order chi connectivity index (χ1) is 8.11. The van der Waals surface area contributed by atoms with Gasteiger partial charge in [0.05, 0.1) is 17.6 Å². The van der Waals surface area contributed by atoms with E-state index in [9.17, 15) is 0 Å². The molecule has 0 bridgehead atoms. The smallest absolute Gasteiger partial charge is 0.263 e. The van der Waals surface area contributed by atoms with E-state index in [1.807, 2.05) is 27.0 Å². The molecule has 0 aliphatic rings. The van der Waals surface area contributed by atoms with Crippen molar-refractivity contribution < 1.29 is 4.42 Å². The van der Waals surface area contributed by atoms with Gasteiger partial charge in [0.2, 0.25) is 4.96 Å².